The smallest absolute Gasteiger partial charge is 0.211 e. The lowest BCUT2D eigenvalue weighted by molar-refractivity contribution is 0.150. The second-order valence-corrected chi connectivity index (χ2v) is 9.76. The molecule has 0 aromatic carbocycles. The summed E-state index contributed by atoms with van der Waals surface area (Å²) in [5.41, 5.74) is 0.453. The summed E-state index contributed by atoms with van der Waals surface area (Å²) in [7, 11) is -3.01. The van der Waals surface area contributed by atoms with Gasteiger partial charge in [0.25, 0.3) is 0 Å². The third-order valence-corrected chi connectivity index (χ3v) is 7.15. The highest BCUT2D eigenvalue weighted by atomic mass is 32.2. The maximum Gasteiger partial charge on any atom is 0.211 e. The fraction of sp³-hybridized carbons (Fsp3) is 1.00. The van der Waals surface area contributed by atoms with Gasteiger partial charge in [-0.25, -0.2) is 12.7 Å². The van der Waals surface area contributed by atoms with Gasteiger partial charge in [0.15, 0.2) is 0 Å². The van der Waals surface area contributed by atoms with E-state index in [1.54, 1.807) is 4.31 Å². The van der Waals surface area contributed by atoms with E-state index in [-0.39, 0.29) is 0 Å². The van der Waals surface area contributed by atoms with Gasteiger partial charge >= 0.3 is 0 Å². The summed E-state index contributed by atoms with van der Waals surface area (Å²) in [4.78, 5) is 0. The first-order valence-electron chi connectivity index (χ1n) is 8.58. The first-order chi connectivity index (χ1) is 9.92. The molecule has 21 heavy (non-hydrogen) atoms. The summed E-state index contributed by atoms with van der Waals surface area (Å²) in [5.74, 6) is 2.53. The number of nitrogens with zero attached hydrogens (tertiary/aromatic N) is 1. The summed E-state index contributed by atoms with van der Waals surface area (Å²) >= 11 is 0. The Bertz CT molecular complexity index is 467. The monoisotopic (exact) mass is 314 g/mol. The van der Waals surface area contributed by atoms with Crippen LogP contribution in [-0.4, -0.2) is 45.2 Å². The van der Waals surface area contributed by atoms with Crippen molar-refractivity contribution in [2.45, 2.75) is 45.4 Å². The summed E-state index contributed by atoms with van der Waals surface area (Å²) in [6, 6.07) is 0. The molecule has 3 aliphatic rings. The summed E-state index contributed by atoms with van der Waals surface area (Å²) in [5, 5.41) is 3.57. The second kappa shape index (κ2) is 5.82. The van der Waals surface area contributed by atoms with E-state index in [9.17, 15) is 8.42 Å². The normalized spacial score (nSPS) is 40.2. The standard InChI is InChI=1S/C16H30N2O2S/c1-3-17-12-16(9-14-7-15(14)10-16)8-13-5-4-6-18(11-13)21(2,19)20/h13-15,17H,3-12H2,1-2H3. The zero-order valence-electron chi connectivity index (χ0n) is 13.5. The lowest BCUT2D eigenvalue weighted by Gasteiger charge is -2.39. The van der Waals surface area contributed by atoms with Crippen LogP contribution in [0.2, 0.25) is 0 Å². The number of sulfonamides is 1. The van der Waals surface area contributed by atoms with Crippen LogP contribution in [0.3, 0.4) is 0 Å². The van der Waals surface area contributed by atoms with Gasteiger partial charge in [-0.15, -0.1) is 0 Å². The van der Waals surface area contributed by atoms with Crippen LogP contribution in [-0.2, 0) is 10.0 Å². The predicted octanol–water partition coefficient (Wildman–Crippen LogP) is 2.07. The van der Waals surface area contributed by atoms with Crippen molar-refractivity contribution in [1.29, 1.82) is 0 Å². The van der Waals surface area contributed by atoms with Gasteiger partial charge in [-0.2, -0.15) is 0 Å². The van der Waals surface area contributed by atoms with E-state index in [0.29, 0.717) is 11.3 Å². The van der Waals surface area contributed by atoms with Crippen molar-refractivity contribution in [3.05, 3.63) is 0 Å². The number of hydrogen-bond acceptors (Lipinski definition) is 3. The first kappa shape index (κ1) is 15.8. The molecule has 0 bridgehead atoms. The highest BCUT2D eigenvalue weighted by molar-refractivity contribution is 7.88. The van der Waals surface area contributed by atoms with E-state index in [4.69, 9.17) is 0 Å². The molecule has 0 aromatic heterocycles. The van der Waals surface area contributed by atoms with Crippen LogP contribution in [0.15, 0.2) is 0 Å². The van der Waals surface area contributed by atoms with Crippen LogP contribution >= 0.6 is 0 Å². The summed E-state index contributed by atoms with van der Waals surface area (Å²) in [6.45, 7) is 5.82. The Morgan fingerprint density at radius 1 is 1.29 bits per heavy atom. The molecule has 1 aliphatic heterocycles. The van der Waals surface area contributed by atoms with Crippen LogP contribution in [0.4, 0.5) is 0 Å². The van der Waals surface area contributed by atoms with Gasteiger partial charge < -0.3 is 5.32 Å². The van der Waals surface area contributed by atoms with E-state index >= 15 is 0 Å². The summed E-state index contributed by atoms with van der Waals surface area (Å²) in [6.07, 6.45) is 9.01. The molecule has 0 aromatic rings. The van der Waals surface area contributed by atoms with Gasteiger partial charge in [0.1, 0.15) is 0 Å². The summed E-state index contributed by atoms with van der Waals surface area (Å²) < 4.78 is 25.3. The van der Waals surface area contributed by atoms with Crippen LogP contribution < -0.4 is 5.32 Å². The highest BCUT2D eigenvalue weighted by Crippen LogP contribution is 2.61. The van der Waals surface area contributed by atoms with Crippen molar-refractivity contribution in [1.82, 2.24) is 9.62 Å². The van der Waals surface area contributed by atoms with Crippen LogP contribution in [0.1, 0.15) is 45.4 Å². The van der Waals surface area contributed by atoms with Gasteiger partial charge in [-0.3, -0.25) is 0 Å². The lowest BCUT2D eigenvalue weighted by atomic mass is 9.73. The largest absolute Gasteiger partial charge is 0.316 e. The van der Waals surface area contributed by atoms with Gasteiger partial charge in [0, 0.05) is 19.6 Å². The maximum absolute atomic E-state index is 11.8. The Balaban J connectivity index is 1.62. The van der Waals surface area contributed by atoms with Crippen molar-refractivity contribution in [3.63, 3.8) is 0 Å². The van der Waals surface area contributed by atoms with E-state index in [1.807, 2.05) is 0 Å². The van der Waals surface area contributed by atoms with E-state index in [0.717, 1.165) is 44.4 Å². The number of fused-ring (bicyclic) bond motifs is 1. The molecule has 0 spiro atoms. The predicted molar refractivity (Wildman–Crippen MR) is 85.6 cm³/mol. The molecule has 3 unspecified atom stereocenters. The molecule has 1 N–H and O–H groups in total. The molecule has 3 rings (SSSR count). The minimum atomic E-state index is -3.01. The third kappa shape index (κ3) is 3.62. The van der Waals surface area contributed by atoms with E-state index in [1.165, 1.54) is 38.4 Å². The molecule has 2 saturated carbocycles. The van der Waals surface area contributed by atoms with Crippen molar-refractivity contribution in [2.24, 2.45) is 23.2 Å². The third-order valence-electron chi connectivity index (χ3n) is 5.88. The fourth-order valence-electron chi connectivity index (χ4n) is 4.89. The molecule has 0 amide bonds. The molecule has 1 heterocycles. The Hall–Kier alpha value is -0.130. The molecular weight excluding hydrogens is 284 g/mol. The molecule has 3 fully saturated rings. The van der Waals surface area contributed by atoms with Gasteiger partial charge in [0.05, 0.1) is 6.26 Å². The molecule has 4 nitrogen and oxygen atoms in total. The molecule has 5 heteroatoms. The van der Waals surface area contributed by atoms with Crippen LogP contribution in [0.25, 0.3) is 0 Å². The number of nitrogens with one attached hydrogen (secondary N) is 1. The molecule has 0 radical (unpaired) electrons. The Morgan fingerprint density at radius 2 is 2.00 bits per heavy atom. The minimum Gasteiger partial charge on any atom is -0.316 e. The molecule has 3 atom stereocenters. The average molecular weight is 314 g/mol. The second-order valence-electron chi connectivity index (χ2n) is 7.78. The number of piperidine rings is 1. The molecule has 122 valence electrons. The minimum absolute atomic E-state index is 0.453. The first-order valence-corrected chi connectivity index (χ1v) is 10.4. The highest BCUT2D eigenvalue weighted by Gasteiger charge is 2.53. The van der Waals surface area contributed by atoms with Gasteiger partial charge in [-0.1, -0.05) is 6.92 Å². The topological polar surface area (TPSA) is 49.4 Å². The van der Waals surface area contributed by atoms with Crippen molar-refractivity contribution >= 4 is 10.0 Å². The maximum atomic E-state index is 11.8. The Morgan fingerprint density at radius 3 is 2.62 bits per heavy atom. The van der Waals surface area contributed by atoms with Crippen molar-refractivity contribution in [2.75, 3.05) is 32.4 Å². The SMILES string of the molecule is CCNCC1(CC2CCCN(S(C)(=O)=O)C2)CC2CC2C1. The van der Waals surface area contributed by atoms with Crippen molar-refractivity contribution in [3.8, 4) is 0 Å². The molecular formula is C16H30N2O2S. The fourth-order valence-corrected chi connectivity index (χ4v) is 5.83. The Kier molecular flexibility index (Phi) is 4.37. The number of rotatable bonds is 6. The van der Waals surface area contributed by atoms with Crippen LogP contribution in [0.5, 0.6) is 0 Å². The van der Waals surface area contributed by atoms with Crippen molar-refractivity contribution < 1.29 is 8.42 Å². The Labute approximate surface area is 129 Å². The lowest BCUT2D eigenvalue weighted by Crippen LogP contribution is -2.42. The quantitative estimate of drug-likeness (QED) is 0.816. The van der Waals surface area contributed by atoms with E-state index in [2.05, 4.69) is 12.2 Å². The molecule has 2 aliphatic carbocycles. The van der Waals surface area contributed by atoms with Gasteiger partial charge in [0.2, 0.25) is 10.0 Å². The zero-order valence-corrected chi connectivity index (χ0v) is 14.3. The van der Waals surface area contributed by atoms with Gasteiger partial charge in [-0.05, 0) is 68.2 Å². The van der Waals surface area contributed by atoms with E-state index < -0.39 is 10.0 Å². The average Bonchev–Trinajstić information content (AvgIpc) is 3.04. The molecule has 1 saturated heterocycles. The van der Waals surface area contributed by atoms with Crippen LogP contribution in [0, 0.1) is 23.2 Å². The number of hydrogen-bond donors (Lipinski definition) is 1. The zero-order chi connectivity index (χ0) is 15.1.